The van der Waals surface area contributed by atoms with Crippen molar-refractivity contribution in [3.8, 4) is 11.5 Å². The molecule has 4 heterocycles. The fraction of sp³-hybridized carbons (Fsp3) is 0.345. The standard InChI is InChI=1S/C29H31N3O2/c1-33-22-11-12-28-25(16-22)23(24-9-5-15-30-27(24)18-34-28)8-4-7-21-13-14-29(19-31-21)26-10-3-2-6-20(26)17-32-29/h2-3,5-6,8-12,15-16,21,31-32H,4,7,13-14,17-19H2,1H3/b23-8+. The van der Waals surface area contributed by atoms with Crippen LogP contribution in [0.5, 0.6) is 11.5 Å². The number of piperidine rings is 1. The Balaban J connectivity index is 1.20. The summed E-state index contributed by atoms with van der Waals surface area (Å²) >= 11 is 0. The number of hydrogen-bond donors (Lipinski definition) is 2. The largest absolute Gasteiger partial charge is 0.497 e. The molecular weight excluding hydrogens is 422 g/mol. The number of hydrogen-bond acceptors (Lipinski definition) is 5. The molecule has 3 aliphatic rings. The molecule has 2 aromatic carbocycles. The molecular formula is C29H31N3O2. The van der Waals surface area contributed by atoms with Crippen molar-refractivity contribution in [1.29, 1.82) is 0 Å². The molecule has 0 radical (unpaired) electrons. The lowest BCUT2D eigenvalue weighted by Gasteiger charge is -2.39. The minimum atomic E-state index is 0.101. The van der Waals surface area contributed by atoms with Gasteiger partial charge in [0.2, 0.25) is 0 Å². The summed E-state index contributed by atoms with van der Waals surface area (Å²) < 4.78 is 11.6. The first-order chi connectivity index (χ1) is 16.8. The highest BCUT2D eigenvalue weighted by Gasteiger charge is 2.40. The van der Waals surface area contributed by atoms with Gasteiger partial charge in [0.05, 0.1) is 18.3 Å². The van der Waals surface area contributed by atoms with Crippen LogP contribution in [-0.4, -0.2) is 24.7 Å². The van der Waals surface area contributed by atoms with E-state index < -0.39 is 0 Å². The fourth-order valence-electron chi connectivity index (χ4n) is 5.77. The average Bonchev–Trinajstić information content (AvgIpc) is 3.16. The number of nitrogens with zero attached hydrogens (tertiary/aromatic N) is 1. The number of pyridine rings is 1. The van der Waals surface area contributed by atoms with E-state index in [9.17, 15) is 0 Å². The van der Waals surface area contributed by atoms with Crippen LogP contribution >= 0.6 is 0 Å². The quantitative estimate of drug-likeness (QED) is 0.586. The first-order valence-corrected chi connectivity index (χ1v) is 12.3. The summed E-state index contributed by atoms with van der Waals surface area (Å²) in [6.45, 7) is 2.45. The molecule has 2 atom stereocenters. The van der Waals surface area contributed by atoms with Gasteiger partial charge >= 0.3 is 0 Å². The van der Waals surface area contributed by atoms with Crippen molar-refractivity contribution in [1.82, 2.24) is 15.6 Å². The summed E-state index contributed by atoms with van der Waals surface area (Å²) in [5, 5.41) is 7.65. The maximum Gasteiger partial charge on any atom is 0.131 e. The zero-order chi connectivity index (χ0) is 23.0. The van der Waals surface area contributed by atoms with Crippen LogP contribution in [0, 0.1) is 0 Å². The highest BCUT2D eigenvalue weighted by Crippen LogP contribution is 2.40. The van der Waals surface area contributed by atoms with Crippen molar-refractivity contribution in [2.24, 2.45) is 0 Å². The number of nitrogens with one attached hydrogen (secondary N) is 2. The van der Waals surface area contributed by atoms with E-state index >= 15 is 0 Å². The van der Waals surface area contributed by atoms with Gasteiger partial charge in [0.15, 0.2) is 0 Å². The van der Waals surface area contributed by atoms with Crippen LogP contribution in [0.4, 0.5) is 0 Å². The summed E-state index contributed by atoms with van der Waals surface area (Å²) in [5.41, 5.74) is 7.43. The van der Waals surface area contributed by atoms with E-state index in [0.717, 1.165) is 54.3 Å². The normalized spacial score (nSPS) is 24.1. The number of rotatable bonds is 4. The summed E-state index contributed by atoms with van der Waals surface area (Å²) in [6, 6.07) is 19.6. The van der Waals surface area contributed by atoms with Crippen molar-refractivity contribution < 1.29 is 9.47 Å². The molecule has 0 amide bonds. The number of allylic oxidation sites excluding steroid dienone is 1. The van der Waals surface area contributed by atoms with Crippen molar-refractivity contribution in [2.75, 3.05) is 13.7 Å². The van der Waals surface area contributed by atoms with Crippen molar-refractivity contribution in [3.05, 3.63) is 94.8 Å². The molecule has 3 aromatic rings. The molecule has 2 unspecified atom stereocenters. The lowest BCUT2D eigenvalue weighted by atomic mass is 9.81. The first-order valence-electron chi connectivity index (χ1n) is 12.3. The molecule has 174 valence electrons. The molecule has 1 aromatic heterocycles. The summed E-state index contributed by atoms with van der Waals surface area (Å²) in [6.07, 6.45) is 8.66. The van der Waals surface area contributed by atoms with Gasteiger partial charge in [-0.3, -0.25) is 4.98 Å². The molecule has 6 rings (SSSR count). The third kappa shape index (κ3) is 3.79. The minimum Gasteiger partial charge on any atom is -0.497 e. The van der Waals surface area contributed by atoms with Crippen LogP contribution in [-0.2, 0) is 18.7 Å². The predicted octanol–water partition coefficient (Wildman–Crippen LogP) is 4.95. The molecule has 0 saturated carbocycles. The number of ether oxygens (including phenoxy) is 2. The smallest absolute Gasteiger partial charge is 0.131 e. The van der Waals surface area contributed by atoms with Crippen LogP contribution in [0.1, 0.15) is 53.6 Å². The third-order valence-electron chi connectivity index (χ3n) is 7.65. The molecule has 3 aliphatic heterocycles. The molecule has 1 spiro atoms. The zero-order valence-electron chi connectivity index (χ0n) is 19.6. The van der Waals surface area contributed by atoms with Gasteiger partial charge in [0, 0.05) is 36.5 Å². The molecule has 0 aliphatic carbocycles. The molecule has 1 fully saturated rings. The second-order valence-electron chi connectivity index (χ2n) is 9.55. The second-order valence-corrected chi connectivity index (χ2v) is 9.55. The Labute approximate surface area is 201 Å². The predicted molar refractivity (Wildman–Crippen MR) is 134 cm³/mol. The maximum atomic E-state index is 6.11. The SMILES string of the molecule is COc1ccc2c(c1)/C(=C/CCC1CCC3(CN1)NCc1ccccc13)c1cccnc1CO2. The van der Waals surface area contributed by atoms with E-state index in [1.165, 1.54) is 29.5 Å². The van der Waals surface area contributed by atoms with Crippen LogP contribution in [0.2, 0.25) is 0 Å². The average molecular weight is 454 g/mol. The van der Waals surface area contributed by atoms with Crippen molar-refractivity contribution in [2.45, 2.75) is 50.4 Å². The maximum absolute atomic E-state index is 6.11. The van der Waals surface area contributed by atoms with Gasteiger partial charge in [-0.25, -0.2) is 0 Å². The van der Waals surface area contributed by atoms with E-state index in [4.69, 9.17) is 9.47 Å². The first kappa shape index (κ1) is 21.4. The Morgan fingerprint density at radius 2 is 2.09 bits per heavy atom. The number of aromatic nitrogens is 1. The van der Waals surface area contributed by atoms with E-state index in [-0.39, 0.29) is 5.54 Å². The van der Waals surface area contributed by atoms with E-state index in [0.29, 0.717) is 12.6 Å². The van der Waals surface area contributed by atoms with Gasteiger partial charge < -0.3 is 20.1 Å². The molecule has 1 saturated heterocycles. The van der Waals surface area contributed by atoms with E-state index in [2.05, 4.69) is 58.1 Å². The molecule has 5 heteroatoms. The Morgan fingerprint density at radius 3 is 2.97 bits per heavy atom. The highest BCUT2D eigenvalue weighted by molar-refractivity contribution is 5.85. The Kier molecular flexibility index (Phi) is 5.60. The Hall–Kier alpha value is -3.15. The van der Waals surface area contributed by atoms with Gasteiger partial charge in [-0.2, -0.15) is 0 Å². The van der Waals surface area contributed by atoms with Crippen LogP contribution in [0.15, 0.2) is 66.9 Å². The van der Waals surface area contributed by atoms with Gasteiger partial charge in [0.1, 0.15) is 18.1 Å². The monoisotopic (exact) mass is 453 g/mol. The fourth-order valence-corrected chi connectivity index (χ4v) is 5.77. The minimum absolute atomic E-state index is 0.101. The van der Waals surface area contributed by atoms with Crippen LogP contribution in [0.25, 0.3) is 5.57 Å². The zero-order valence-corrected chi connectivity index (χ0v) is 19.6. The molecule has 2 N–H and O–H groups in total. The summed E-state index contributed by atoms with van der Waals surface area (Å²) in [7, 11) is 1.71. The Bertz CT molecular complexity index is 1230. The highest BCUT2D eigenvalue weighted by atomic mass is 16.5. The van der Waals surface area contributed by atoms with Crippen LogP contribution < -0.4 is 20.1 Å². The third-order valence-corrected chi connectivity index (χ3v) is 7.65. The summed E-state index contributed by atoms with van der Waals surface area (Å²) in [4.78, 5) is 4.60. The van der Waals surface area contributed by atoms with Crippen LogP contribution in [0.3, 0.4) is 0 Å². The topological polar surface area (TPSA) is 55.4 Å². The van der Waals surface area contributed by atoms with Gasteiger partial charge in [-0.05, 0) is 66.6 Å². The van der Waals surface area contributed by atoms with Crippen molar-refractivity contribution in [3.63, 3.8) is 0 Å². The lowest BCUT2D eigenvalue weighted by Crippen LogP contribution is -2.53. The van der Waals surface area contributed by atoms with Gasteiger partial charge in [-0.1, -0.05) is 36.4 Å². The lowest BCUT2D eigenvalue weighted by molar-refractivity contribution is 0.225. The number of methoxy groups -OCH3 is 1. The number of fused-ring (bicyclic) bond motifs is 4. The van der Waals surface area contributed by atoms with E-state index in [1.54, 1.807) is 7.11 Å². The summed E-state index contributed by atoms with van der Waals surface area (Å²) in [5.74, 6) is 1.72. The number of benzene rings is 2. The van der Waals surface area contributed by atoms with Gasteiger partial charge in [0.25, 0.3) is 0 Å². The Morgan fingerprint density at radius 1 is 1.15 bits per heavy atom. The van der Waals surface area contributed by atoms with Crippen molar-refractivity contribution >= 4 is 5.57 Å². The van der Waals surface area contributed by atoms with E-state index in [1.807, 2.05) is 24.4 Å². The second kappa shape index (κ2) is 8.90. The van der Waals surface area contributed by atoms with Gasteiger partial charge in [-0.15, -0.1) is 0 Å². The molecule has 5 nitrogen and oxygen atoms in total. The molecule has 0 bridgehead atoms. The molecule has 34 heavy (non-hydrogen) atoms.